The van der Waals surface area contributed by atoms with Crippen LogP contribution >= 0.6 is 0 Å². The molecule has 0 saturated heterocycles. The predicted octanol–water partition coefficient (Wildman–Crippen LogP) is 0.896. The quantitative estimate of drug-likeness (QED) is 0.529. The Hall–Kier alpha value is -2.02. The van der Waals surface area contributed by atoms with Crippen LogP contribution in [0.3, 0.4) is 0 Å². The Kier molecular flexibility index (Phi) is 3.69. The lowest BCUT2D eigenvalue weighted by atomic mass is 10.2. The molecule has 0 radical (unpaired) electrons. The van der Waals surface area contributed by atoms with Crippen LogP contribution in [-0.4, -0.2) is 12.5 Å². The highest BCUT2D eigenvalue weighted by Gasteiger charge is 1.96. The number of carbonyl (C=O) groups excluding carboxylic acids is 1. The minimum absolute atomic E-state index is 0.156. The summed E-state index contributed by atoms with van der Waals surface area (Å²) in [5.74, 6) is 4.81. The van der Waals surface area contributed by atoms with E-state index in [1.807, 2.05) is 0 Å². The van der Waals surface area contributed by atoms with Crippen molar-refractivity contribution < 1.29 is 9.18 Å². The van der Waals surface area contributed by atoms with Crippen molar-refractivity contribution in [2.75, 3.05) is 12.3 Å². The van der Waals surface area contributed by atoms with Gasteiger partial charge in [0.1, 0.15) is 5.82 Å². The topological polar surface area (TPSA) is 55.1 Å². The number of hydrogen-bond donors (Lipinski definition) is 2. The summed E-state index contributed by atoms with van der Waals surface area (Å²) in [5.41, 5.74) is 6.43. The van der Waals surface area contributed by atoms with E-state index in [0.717, 1.165) is 0 Å². The van der Waals surface area contributed by atoms with Crippen LogP contribution in [0.5, 0.6) is 0 Å². The van der Waals surface area contributed by atoms with E-state index in [2.05, 4.69) is 17.2 Å². The second-order valence-electron chi connectivity index (χ2n) is 2.94. The minimum atomic E-state index is -0.381. The van der Waals surface area contributed by atoms with Crippen molar-refractivity contribution >= 4 is 11.6 Å². The van der Waals surface area contributed by atoms with Crippen LogP contribution in [0.15, 0.2) is 18.2 Å². The zero-order valence-corrected chi connectivity index (χ0v) is 8.30. The summed E-state index contributed by atoms with van der Waals surface area (Å²) < 4.78 is 12.8. The first-order chi connectivity index (χ1) is 7.09. The van der Waals surface area contributed by atoms with E-state index >= 15 is 0 Å². The molecular weight excluding hydrogens is 195 g/mol. The average Bonchev–Trinajstić information content (AvgIpc) is 2.17. The van der Waals surface area contributed by atoms with Gasteiger partial charge in [-0.15, -0.1) is 0 Å². The number of anilines is 1. The largest absolute Gasteiger partial charge is 0.398 e. The number of carbonyl (C=O) groups is 1. The first kappa shape index (κ1) is 11.1. The van der Waals surface area contributed by atoms with Crippen molar-refractivity contribution in [1.82, 2.24) is 5.32 Å². The molecule has 0 fully saturated rings. The van der Waals surface area contributed by atoms with Crippen LogP contribution in [0, 0.1) is 17.7 Å². The molecule has 3 N–H and O–H groups in total. The summed E-state index contributed by atoms with van der Waals surface area (Å²) in [4.78, 5) is 10.5. The van der Waals surface area contributed by atoms with Crippen molar-refractivity contribution in [2.24, 2.45) is 0 Å². The fourth-order valence-corrected chi connectivity index (χ4v) is 0.945. The standard InChI is InChI=1S/C11H11FN2O/c1-8(15)14-6-2-3-9-7-10(12)4-5-11(9)13/h4-5,7H,6,13H2,1H3,(H,14,15). The van der Waals surface area contributed by atoms with Gasteiger partial charge in [-0.3, -0.25) is 4.79 Å². The number of amides is 1. The lowest BCUT2D eigenvalue weighted by Crippen LogP contribution is -2.19. The maximum Gasteiger partial charge on any atom is 0.217 e. The number of hydrogen-bond acceptors (Lipinski definition) is 2. The van der Waals surface area contributed by atoms with E-state index < -0.39 is 0 Å². The fourth-order valence-electron chi connectivity index (χ4n) is 0.945. The molecule has 0 heterocycles. The minimum Gasteiger partial charge on any atom is -0.398 e. The van der Waals surface area contributed by atoms with Gasteiger partial charge in [0.05, 0.1) is 12.1 Å². The number of rotatable bonds is 1. The van der Waals surface area contributed by atoms with Gasteiger partial charge in [-0.05, 0) is 18.2 Å². The normalized spacial score (nSPS) is 8.93. The average molecular weight is 206 g/mol. The molecule has 0 saturated carbocycles. The maximum atomic E-state index is 12.8. The summed E-state index contributed by atoms with van der Waals surface area (Å²) in [5, 5.41) is 2.50. The van der Waals surface area contributed by atoms with Crippen LogP contribution < -0.4 is 11.1 Å². The molecule has 0 aliphatic carbocycles. The van der Waals surface area contributed by atoms with E-state index in [4.69, 9.17) is 5.73 Å². The van der Waals surface area contributed by atoms with Crippen molar-refractivity contribution in [2.45, 2.75) is 6.92 Å². The van der Waals surface area contributed by atoms with E-state index in [9.17, 15) is 9.18 Å². The summed E-state index contributed by atoms with van der Waals surface area (Å²) >= 11 is 0. The van der Waals surface area contributed by atoms with Crippen molar-refractivity contribution in [3.8, 4) is 11.8 Å². The summed E-state index contributed by atoms with van der Waals surface area (Å²) in [6.07, 6.45) is 0. The lowest BCUT2D eigenvalue weighted by molar-refractivity contribution is -0.118. The zero-order valence-electron chi connectivity index (χ0n) is 8.30. The molecule has 1 rings (SSSR count). The maximum absolute atomic E-state index is 12.8. The van der Waals surface area contributed by atoms with Crippen LogP contribution in [0.4, 0.5) is 10.1 Å². The van der Waals surface area contributed by atoms with E-state index in [1.165, 1.54) is 25.1 Å². The van der Waals surface area contributed by atoms with Gasteiger partial charge in [-0.1, -0.05) is 11.8 Å². The molecule has 0 aliphatic rings. The molecule has 0 unspecified atom stereocenters. The SMILES string of the molecule is CC(=O)NCC#Cc1cc(F)ccc1N. The summed E-state index contributed by atoms with van der Waals surface area (Å²) in [7, 11) is 0. The Morgan fingerprint density at radius 1 is 1.60 bits per heavy atom. The number of halogens is 1. The zero-order chi connectivity index (χ0) is 11.3. The van der Waals surface area contributed by atoms with Gasteiger partial charge in [0, 0.05) is 12.6 Å². The highest BCUT2D eigenvalue weighted by molar-refractivity contribution is 5.73. The molecule has 0 aromatic heterocycles. The van der Waals surface area contributed by atoms with Gasteiger partial charge >= 0.3 is 0 Å². The number of nitrogens with one attached hydrogen (secondary N) is 1. The lowest BCUT2D eigenvalue weighted by Gasteiger charge is -1.97. The third-order valence-corrected chi connectivity index (χ3v) is 1.66. The highest BCUT2D eigenvalue weighted by atomic mass is 19.1. The third-order valence-electron chi connectivity index (χ3n) is 1.66. The second-order valence-corrected chi connectivity index (χ2v) is 2.94. The Balaban J connectivity index is 2.71. The molecular formula is C11H11FN2O. The molecule has 0 bridgehead atoms. The molecule has 0 aliphatic heterocycles. The van der Waals surface area contributed by atoms with Crippen molar-refractivity contribution in [3.63, 3.8) is 0 Å². The molecule has 1 aromatic rings. The molecule has 1 amide bonds. The van der Waals surface area contributed by atoms with Gasteiger partial charge in [0.2, 0.25) is 5.91 Å². The Morgan fingerprint density at radius 2 is 2.33 bits per heavy atom. The molecule has 4 heteroatoms. The van der Waals surface area contributed by atoms with Crippen LogP contribution in [-0.2, 0) is 4.79 Å². The molecule has 78 valence electrons. The first-order valence-corrected chi connectivity index (χ1v) is 4.38. The molecule has 15 heavy (non-hydrogen) atoms. The van der Waals surface area contributed by atoms with E-state index in [0.29, 0.717) is 11.3 Å². The van der Waals surface area contributed by atoms with Crippen LogP contribution in [0.25, 0.3) is 0 Å². The Morgan fingerprint density at radius 3 is 3.00 bits per heavy atom. The molecule has 0 atom stereocenters. The van der Waals surface area contributed by atoms with Gasteiger partial charge in [-0.25, -0.2) is 4.39 Å². The number of nitrogens with two attached hydrogens (primary N) is 1. The van der Waals surface area contributed by atoms with Crippen LogP contribution in [0.2, 0.25) is 0 Å². The first-order valence-electron chi connectivity index (χ1n) is 4.38. The van der Waals surface area contributed by atoms with Crippen LogP contribution in [0.1, 0.15) is 12.5 Å². The summed E-state index contributed by atoms with van der Waals surface area (Å²) in [6.45, 7) is 1.63. The van der Waals surface area contributed by atoms with Crippen molar-refractivity contribution in [3.05, 3.63) is 29.6 Å². The third kappa shape index (κ3) is 3.69. The molecule has 3 nitrogen and oxygen atoms in total. The Bertz CT molecular complexity index is 432. The molecule has 0 spiro atoms. The second kappa shape index (κ2) is 5.01. The number of benzene rings is 1. The summed E-state index contributed by atoms with van der Waals surface area (Å²) in [6, 6.07) is 3.99. The van der Waals surface area contributed by atoms with Gasteiger partial charge in [0.25, 0.3) is 0 Å². The number of nitrogen functional groups attached to an aromatic ring is 1. The monoisotopic (exact) mass is 206 g/mol. The van der Waals surface area contributed by atoms with Gasteiger partial charge < -0.3 is 11.1 Å². The van der Waals surface area contributed by atoms with Gasteiger partial charge in [0.15, 0.2) is 0 Å². The van der Waals surface area contributed by atoms with Gasteiger partial charge in [-0.2, -0.15) is 0 Å². The van der Waals surface area contributed by atoms with E-state index in [1.54, 1.807) is 0 Å². The Labute approximate surface area is 87.5 Å². The predicted molar refractivity (Wildman–Crippen MR) is 56.4 cm³/mol. The molecule has 1 aromatic carbocycles. The smallest absolute Gasteiger partial charge is 0.217 e. The van der Waals surface area contributed by atoms with Crippen molar-refractivity contribution in [1.29, 1.82) is 0 Å². The fraction of sp³-hybridized carbons (Fsp3) is 0.182. The highest BCUT2D eigenvalue weighted by Crippen LogP contribution is 2.11. The van der Waals surface area contributed by atoms with E-state index in [-0.39, 0.29) is 18.3 Å².